The molecule has 7 N–H and O–H groups in total. The van der Waals surface area contributed by atoms with Crippen LogP contribution in [0.15, 0.2) is 113 Å². The van der Waals surface area contributed by atoms with Gasteiger partial charge in [0.05, 0.1) is 24.5 Å². The molecule has 0 saturated heterocycles. The molecule has 7 heteroatoms. The lowest BCUT2D eigenvalue weighted by Gasteiger charge is -2.55. The molecule has 5 rings (SSSR count). The van der Waals surface area contributed by atoms with Crippen molar-refractivity contribution >= 4 is 5.78 Å². The van der Waals surface area contributed by atoms with Gasteiger partial charge in [-0.2, -0.15) is 0 Å². The SMILES string of the molecule is C=C1C=CC=C(C2CCC3(C(CCCO)C(=C(C)C(=O)Cc4cccc(C(N)N)c4)CCC3(C)O)C2O)COCC#CCC(CCCc2ccccc2)=CCC1. The second-order valence-electron chi connectivity index (χ2n) is 16.4. The number of rotatable bonds is 12. The van der Waals surface area contributed by atoms with Gasteiger partial charge in [0.1, 0.15) is 6.61 Å². The summed E-state index contributed by atoms with van der Waals surface area (Å²) in [4.78, 5) is 13.9. The van der Waals surface area contributed by atoms with Crippen molar-refractivity contribution in [3.63, 3.8) is 0 Å². The summed E-state index contributed by atoms with van der Waals surface area (Å²) in [6.45, 7) is 8.62. The number of hydrogen-bond acceptors (Lipinski definition) is 7. The van der Waals surface area contributed by atoms with Crippen LogP contribution in [0.4, 0.5) is 0 Å². The minimum absolute atomic E-state index is 0.00334. The van der Waals surface area contributed by atoms with Gasteiger partial charge >= 0.3 is 0 Å². The predicted molar refractivity (Wildman–Crippen MR) is 226 cm³/mol. The number of ketones is 1. The van der Waals surface area contributed by atoms with Crippen LogP contribution in [0.25, 0.3) is 0 Å². The molecule has 1 heterocycles. The maximum absolute atomic E-state index is 13.9. The van der Waals surface area contributed by atoms with Crippen molar-refractivity contribution < 1.29 is 24.9 Å². The highest BCUT2D eigenvalue weighted by Gasteiger charge is 2.64. The molecule has 300 valence electrons. The Labute approximate surface area is 335 Å². The normalized spacial score (nSPS) is 27.2. The molecule has 2 aromatic carbocycles. The van der Waals surface area contributed by atoms with Crippen molar-refractivity contribution in [3.8, 4) is 11.8 Å². The number of carbonyl (C=O) groups is 1. The van der Waals surface area contributed by atoms with E-state index < -0.39 is 23.3 Å². The molecule has 2 aliphatic carbocycles. The molecule has 5 atom stereocenters. The molecule has 0 aromatic heterocycles. The smallest absolute Gasteiger partial charge is 0.162 e. The highest BCUT2D eigenvalue weighted by molar-refractivity contribution is 5.97. The first-order chi connectivity index (χ1) is 27.0. The number of nitrogens with two attached hydrogens (primary N) is 2. The molecule has 3 aliphatic rings. The summed E-state index contributed by atoms with van der Waals surface area (Å²) in [6.07, 6.45) is 16.0. The molecule has 7 nitrogen and oxygen atoms in total. The monoisotopic (exact) mass is 760 g/mol. The summed E-state index contributed by atoms with van der Waals surface area (Å²) in [5.74, 6) is 6.01. The third kappa shape index (κ3) is 10.7. The number of allylic oxidation sites excluding steroid dienone is 8. The van der Waals surface area contributed by atoms with Crippen molar-refractivity contribution in [2.75, 3.05) is 19.8 Å². The van der Waals surface area contributed by atoms with Crippen LogP contribution >= 0.6 is 0 Å². The van der Waals surface area contributed by atoms with Crippen LogP contribution in [0.5, 0.6) is 0 Å². The van der Waals surface area contributed by atoms with E-state index in [1.54, 1.807) is 0 Å². The van der Waals surface area contributed by atoms with Crippen molar-refractivity contribution in [2.45, 2.75) is 115 Å². The summed E-state index contributed by atoms with van der Waals surface area (Å²) in [5, 5.41) is 34.9. The number of carbonyl (C=O) groups excluding carboxylic acids is 1. The largest absolute Gasteiger partial charge is 0.396 e. The Morgan fingerprint density at radius 2 is 1.82 bits per heavy atom. The predicted octanol–water partition coefficient (Wildman–Crippen LogP) is 7.91. The summed E-state index contributed by atoms with van der Waals surface area (Å²) in [6, 6.07) is 18.1. The molecular formula is C49H64N2O5. The molecule has 5 unspecified atom stereocenters. The zero-order chi connectivity index (χ0) is 40.1. The third-order valence-electron chi connectivity index (χ3n) is 12.7. The van der Waals surface area contributed by atoms with E-state index in [4.69, 9.17) is 16.2 Å². The van der Waals surface area contributed by atoms with E-state index in [2.05, 4.69) is 54.8 Å². The third-order valence-corrected chi connectivity index (χ3v) is 12.7. The van der Waals surface area contributed by atoms with Crippen LogP contribution in [0, 0.1) is 29.1 Å². The molecule has 2 fully saturated rings. The van der Waals surface area contributed by atoms with E-state index in [0.717, 1.165) is 60.0 Å². The summed E-state index contributed by atoms with van der Waals surface area (Å²) >= 11 is 0. The van der Waals surface area contributed by atoms with E-state index in [0.29, 0.717) is 57.1 Å². The van der Waals surface area contributed by atoms with Crippen molar-refractivity contribution in [1.29, 1.82) is 0 Å². The number of hydrogen-bond donors (Lipinski definition) is 5. The van der Waals surface area contributed by atoms with Crippen LogP contribution in [0.3, 0.4) is 0 Å². The highest BCUT2D eigenvalue weighted by atomic mass is 16.5. The van der Waals surface area contributed by atoms with Gasteiger partial charge in [0, 0.05) is 30.8 Å². The summed E-state index contributed by atoms with van der Waals surface area (Å²) < 4.78 is 6.18. The molecule has 56 heavy (non-hydrogen) atoms. The molecule has 1 aliphatic heterocycles. The topological polar surface area (TPSA) is 139 Å². The van der Waals surface area contributed by atoms with Crippen LogP contribution in [0.2, 0.25) is 0 Å². The second-order valence-corrected chi connectivity index (χ2v) is 16.4. The van der Waals surface area contributed by atoms with Crippen molar-refractivity contribution in [3.05, 3.63) is 130 Å². The number of benzene rings is 2. The molecule has 0 radical (unpaired) electrons. The first kappa shape index (κ1) is 43.3. The minimum atomic E-state index is -1.19. The zero-order valence-electron chi connectivity index (χ0n) is 33.6. The number of aliphatic hydroxyl groups is 3. The van der Waals surface area contributed by atoms with E-state index in [-0.39, 0.29) is 37.3 Å². The van der Waals surface area contributed by atoms with E-state index in [9.17, 15) is 20.1 Å². The lowest BCUT2D eigenvalue weighted by atomic mass is 9.52. The average Bonchev–Trinajstić information content (AvgIpc) is 3.52. The Hall–Kier alpha value is -3.87. The van der Waals surface area contributed by atoms with E-state index in [1.165, 1.54) is 11.1 Å². The van der Waals surface area contributed by atoms with Gasteiger partial charge in [0.25, 0.3) is 0 Å². The Kier molecular flexibility index (Phi) is 15.9. The maximum atomic E-state index is 13.9. The molecule has 1 spiro atoms. The fraction of sp³-hybridized carbons (Fsp3) is 0.490. The zero-order valence-corrected chi connectivity index (χ0v) is 33.6. The Balaban J connectivity index is 1.35. The fourth-order valence-corrected chi connectivity index (χ4v) is 9.48. The van der Waals surface area contributed by atoms with Crippen LogP contribution in [-0.2, 0) is 22.4 Å². The van der Waals surface area contributed by atoms with Gasteiger partial charge in [-0.3, -0.25) is 4.79 Å². The van der Waals surface area contributed by atoms with Crippen LogP contribution < -0.4 is 11.5 Å². The number of aliphatic hydroxyl groups excluding tert-OH is 2. The maximum Gasteiger partial charge on any atom is 0.162 e. The van der Waals surface area contributed by atoms with Gasteiger partial charge in [-0.1, -0.05) is 114 Å². The van der Waals surface area contributed by atoms with Crippen molar-refractivity contribution in [2.24, 2.45) is 28.7 Å². The average molecular weight is 761 g/mol. The van der Waals surface area contributed by atoms with Gasteiger partial charge in [0.2, 0.25) is 0 Å². The Morgan fingerprint density at radius 3 is 2.59 bits per heavy atom. The number of ether oxygens (including phenoxy) is 1. The first-order valence-electron chi connectivity index (χ1n) is 20.6. The van der Waals surface area contributed by atoms with Gasteiger partial charge in [-0.25, -0.2) is 0 Å². The molecule has 2 saturated carbocycles. The lowest BCUT2D eigenvalue weighted by Crippen LogP contribution is -2.59. The summed E-state index contributed by atoms with van der Waals surface area (Å²) in [5.41, 5.74) is 17.7. The van der Waals surface area contributed by atoms with Gasteiger partial charge in [0.15, 0.2) is 5.78 Å². The second kappa shape index (κ2) is 20.5. The van der Waals surface area contributed by atoms with Crippen LogP contribution in [0.1, 0.15) is 107 Å². The fourth-order valence-electron chi connectivity index (χ4n) is 9.48. The molecule has 0 amide bonds. The van der Waals surface area contributed by atoms with Gasteiger partial charge in [-0.15, -0.1) is 0 Å². The first-order valence-corrected chi connectivity index (χ1v) is 20.6. The number of Topliss-reactive ketones (excluding diaryl/α,β-unsaturated/α-hetero) is 1. The lowest BCUT2D eigenvalue weighted by molar-refractivity contribution is -0.167. The van der Waals surface area contributed by atoms with Crippen molar-refractivity contribution in [1.82, 2.24) is 0 Å². The highest BCUT2D eigenvalue weighted by Crippen LogP contribution is 2.63. The molecule has 2 aromatic rings. The number of aryl methyl sites for hydroxylation is 1. The van der Waals surface area contributed by atoms with E-state index in [1.807, 2.05) is 56.3 Å². The summed E-state index contributed by atoms with van der Waals surface area (Å²) in [7, 11) is 0. The van der Waals surface area contributed by atoms with Gasteiger partial charge in [-0.05, 0) is 118 Å². The quantitative estimate of drug-likeness (QED) is 0.0642. The Bertz CT molecular complexity index is 1840. The molecular weight excluding hydrogens is 697 g/mol. The van der Waals surface area contributed by atoms with Gasteiger partial charge < -0.3 is 31.5 Å². The molecule has 0 bridgehead atoms. The van der Waals surface area contributed by atoms with Crippen LogP contribution in [-0.4, -0.2) is 52.6 Å². The minimum Gasteiger partial charge on any atom is -0.396 e. The standard InChI is InChI=1S/C49H64N2O5/c1-35-14-9-19-38(21-11-20-37-16-5-4-6-17-37)18-7-8-31-56-34-41(24-10-15-35)43-27-29-49(46(43)54)44(25-13-30-52)42(26-28-48(49,3)55)36(2)45(53)33-39-22-12-23-40(32-39)47(50)51/h4-6,10,12,15-17,19,22-24,32,43-44,46-47,52,54-55H,1,9,11,13-14,18,20-21,25-31,33-34,50-51H2,2-3H3. The Morgan fingerprint density at radius 1 is 1.04 bits per heavy atom. The van der Waals surface area contributed by atoms with E-state index >= 15 is 0 Å².